The van der Waals surface area contributed by atoms with E-state index in [0.29, 0.717) is 11.4 Å². The van der Waals surface area contributed by atoms with Crippen LogP contribution in [0.2, 0.25) is 5.02 Å². The van der Waals surface area contributed by atoms with Crippen LogP contribution in [0.5, 0.6) is 0 Å². The summed E-state index contributed by atoms with van der Waals surface area (Å²) >= 11 is 5.93. The van der Waals surface area contributed by atoms with Crippen molar-refractivity contribution in [2.24, 2.45) is 0 Å². The van der Waals surface area contributed by atoms with Gasteiger partial charge in [-0.05, 0) is 38.0 Å². The minimum Gasteiger partial charge on any atom is -0.364 e. The molecule has 0 saturated heterocycles. The molecule has 0 aliphatic carbocycles. The molecule has 5 heteroatoms. The van der Waals surface area contributed by atoms with E-state index in [-0.39, 0.29) is 22.9 Å². The SMILES string of the molecule is Cc1cc(=O)c(C(=O)NC(C)Cc2cccc(Cl)c2)c[nH]1. The highest BCUT2D eigenvalue weighted by Gasteiger charge is 2.13. The Hall–Kier alpha value is -2.07. The third-order valence-electron chi connectivity index (χ3n) is 3.11. The number of hydrogen-bond donors (Lipinski definition) is 2. The number of halogens is 1. The maximum absolute atomic E-state index is 12.1. The van der Waals surface area contributed by atoms with Crippen molar-refractivity contribution in [3.63, 3.8) is 0 Å². The number of benzene rings is 1. The van der Waals surface area contributed by atoms with Gasteiger partial charge in [0.15, 0.2) is 5.43 Å². The normalized spacial score (nSPS) is 12.0. The Morgan fingerprint density at radius 3 is 2.81 bits per heavy atom. The average molecular weight is 305 g/mol. The van der Waals surface area contributed by atoms with Gasteiger partial charge in [0.2, 0.25) is 0 Å². The van der Waals surface area contributed by atoms with Gasteiger partial charge in [-0.2, -0.15) is 0 Å². The number of pyridine rings is 1. The van der Waals surface area contributed by atoms with Crippen LogP contribution in [0.15, 0.2) is 41.3 Å². The summed E-state index contributed by atoms with van der Waals surface area (Å²) in [6.45, 7) is 3.66. The first kappa shape index (κ1) is 15.3. The van der Waals surface area contributed by atoms with E-state index in [2.05, 4.69) is 10.3 Å². The number of aromatic amines is 1. The molecule has 0 saturated carbocycles. The maximum atomic E-state index is 12.1. The van der Waals surface area contributed by atoms with Crippen LogP contribution in [0.1, 0.15) is 28.5 Å². The van der Waals surface area contributed by atoms with Gasteiger partial charge in [-0.3, -0.25) is 9.59 Å². The fraction of sp³-hybridized carbons (Fsp3) is 0.250. The molecule has 0 spiro atoms. The number of H-pyrrole nitrogens is 1. The topological polar surface area (TPSA) is 62.0 Å². The number of aryl methyl sites for hydroxylation is 1. The fourth-order valence-electron chi connectivity index (χ4n) is 2.12. The van der Waals surface area contributed by atoms with Crippen LogP contribution in [0.25, 0.3) is 0 Å². The van der Waals surface area contributed by atoms with E-state index in [1.54, 1.807) is 13.0 Å². The molecule has 0 fully saturated rings. The second-order valence-electron chi connectivity index (χ2n) is 5.10. The van der Waals surface area contributed by atoms with Gasteiger partial charge in [0.25, 0.3) is 5.91 Å². The molecule has 0 aliphatic rings. The molecule has 21 heavy (non-hydrogen) atoms. The first-order valence-corrected chi connectivity index (χ1v) is 7.08. The molecule has 2 N–H and O–H groups in total. The van der Waals surface area contributed by atoms with Gasteiger partial charge in [-0.1, -0.05) is 23.7 Å². The number of hydrogen-bond acceptors (Lipinski definition) is 2. The van der Waals surface area contributed by atoms with Gasteiger partial charge >= 0.3 is 0 Å². The molecule has 1 aromatic carbocycles. The number of aromatic nitrogens is 1. The van der Waals surface area contributed by atoms with Crippen molar-refractivity contribution in [2.45, 2.75) is 26.3 Å². The molecule has 110 valence electrons. The highest BCUT2D eigenvalue weighted by atomic mass is 35.5. The van der Waals surface area contributed by atoms with E-state index in [9.17, 15) is 9.59 Å². The highest BCUT2D eigenvalue weighted by molar-refractivity contribution is 6.30. The average Bonchev–Trinajstić information content (AvgIpc) is 2.38. The second kappa shape index (κ2) is 6.59. The molecule has 0 aliphatic heterocycles. The third kappa shape index (κ3) is 4.20. The lowest BCUT2D eigenvalue weighted by atomic mass is 10.1. The fourth-order valence-corrected chi connectivity index (χ4v) is 2.33. The molecule has 2 aromatic rings. The summed E-state index contributed by atoms with van der Waals surface area (Å²) in [5.41, 5.74) is 1.61. The standard InChI is InChI=1S/C16H17ClN2O2/c1-10-7-15(20)14(9-18-10)16(21)19-11(2)6-12-4-3-5-13(17)8-12/h3-5,7-9,11H,6H2,1-2H3,(H,18,20)(H,19,21). The van der Waals surface area contributed by atoms with E-state index >= 15 is 0 Å². The summed E-state index contributed by atoms with van der Waals surface area (Å²) in [7, 11) is 0. The predicted octanol–water partition coefficient (Wildman–Crippen LogP) is 2.70. The van der Waals surface area contributed by atoms with E-state index < -0.39 is 0 Å². The monoisotopic (exact) mass is 304 g/mol. The Kier molecular flexibility index (Phi) is 4.81. The first-order chi connectivity index (χ1) is 9.95. The summed E-state index contributed by atoms with van der Waals surface area (Å²) in [5, 5.41) is 3.49. The number of amides is 1. The molecule has 1 unspecified atom stereocenters. The number of nitrogens with one attached hydrogen (secondary N) is 2. The molecule has 1 amide bonds. The zero-order valence-electron chi connectivity index (χ0n) is 11.9. The maximum Gasteiger partial charge on any atom is 0.256 e. The lowest BCUT2D eigenvalue weighted by molar-refractivity contribution is 0.0938. The van der Waals surface area contributed by atoms with Gasteiger partial charge in [0.1, 0.15) is 5.56 Å². The van der Waals surface area contributed by atoms with Crippen LogP contribution in [-0.2, 0) is 6.42 Å². The van der Waals surface area contributed by atoms with Crippen molar-refractivity contribution >= 4 is 17.5 Å². The van der Waals surface area contributed by atoms with Crippen molar-refractivity contribution in [2.75, 3.05) is 0 Å². The third-order valence-corrected chi connectivity index (χ3v) is 3.35. The largest absolute Gasteiger partial charge is 0.364 e. The van der Waals surface area contributed by atoms with Gasteiger partial charge in [0.05, 0.1) is 0 Å². The molecule has 0 radical (unpaired) electrons. The Morgan fingerprint density at radius 2 is 2.14 bits per heavy atom. The van der Waals surface area contributed by atoms with Crippen LogP contribution >= 0.6 is 11.6 Å². The first-order valence-electron chi connectivity index (χ1n) is 6.70. The van der Waals surface area contributed by atoms with Crippen molar-refractivity contribution in [3.8, 4) is 0 Å². The van der Waals surface area contributed by atoms with Gasteiger partial charge < -0.3 is 10.3 Å². The number of rotatable bonds is 4. The molecular weight excluding hydrogens is 288 g/mol. The molecule has 0 bridgehead atoms. The lowest BCUT2D eigenvalue weighted by Crippen LogP contribution is -2.36. The molecule has 1 heterocycles. The Labute approximate surface area is 128 Å². The van der Waals surface area contributed by atoms with Crippen LogP contribution in [0, 0.1) is 6.92 Å². The molecule has 1 atom stereocenters. The zero-order chi connectivity index (χ0) is 15.4. The van der Waals surface area contributed by atoms with E-state index in [1.807, 2.05) is 25.1 Å². The van der Waals surface area contributed by atoms with E-state index in [0.717, 1.165) is 11.3 Å². The van der Waals surface area contributed by atoms with E-state index in [4.69, 9.17) is 11.6 Å². The molecule has 1 aromatic heterocycles. The molecular formula is C16H17ClN2O2. The smallest absolute Gasteiger partial charge is 0.256 e. The van der Waals surface area contributed by atoms with Gasteiger partial charge in [-0.15, -0.1) is 0 Å². The van der Waals surface area contributed by atoms with Crippen LogP contribution < -0.4 is 10.7 Å². The Balaban J connectivity index is 2.03. The summed E-state index contributed by atoms with van der Waals surface area (Å²) in [6.07, 6.45) is 2.09. The lowest BCUT2D eigenvalue weighted by Gasteiger charge is -2.14. The van der Waals surface area contributed by atoms with Crippen molar-refractivity contribution in [3.05, 3.63) is 68.6 Å². The summed E-state index contributed by atoms with van der Waals surface area (Å²) in [5.74, 6) is -0.370. The minimum absolute atomic E-state index is 0.100. The Morgan fingerprint density at radius 1 is 1.38 bits per heavy atom. The van der Waals surface area contributed by atoms with Crippen LogP contribution in [0.3, 0.4) is 0 Å². The Bertz CT molecular complexity index is 709. The zero-order valence-corrected chi connectivity index (χ0v) is 12.7. The van der Waals surface area contributed by atoms with Crippen molar-refractivity contribution in [1.29, 1.82) is 0 Å². The van der Waals surface area contributed by atoms with Crippen molar-refractivity contribution in [1.82, 2.24) is 10.3 Å². The predicted molar refractivity (Wildman–Crippen MR) is 83.9 cm³/mol. The summed E-state index contributed by atoms with van der Waals surface area (Å²) in [4.78, 5) is 26.7. The molecule has 2 rings (SSSR count). The minimum atomic E-state index is -0.370. The summed E-state index contributed by atoms with van der Waals surface area (Å²) in [6, 6.07) is 8.81. The summed E-state index contributed by atoms with van der Waals surface area (Å²) < 4.78 is 0. The highest BCUT2D eigenvalue weighted by Crippen LogP contribution is 2.12. The van der Waals surface area contributed by atoms with Crippen LogP contribution in [0.4, 0.5) is 0 Å². The van der Waals surface area contributed by atoms with Gasteiger partial charge in [-0.25, -0.2) is 0 Å². The van der Waals surface area contributed by atoms with Crippen LogP contribution in [-0.4, -0.2) is 16.9 Å². The van der Waals surface area contributed by atoms with Crippen molar-refractivity contribution < 1.29 is 4.79 Å². The number of carbonyl (C=O) groups is 1. The number of carbonyl (C=O) groups excluding carboxylic acids is 1. The second-order valence-corrected chi connectivity index (χ2v) is 5.54. The quantitative estimate of drug-likeness (QED) is 0.912. The molecule has 4 nitrogen and oxygen atoms in total. The van der Waals surface area contributed by atoms with Gasteiger partial charge in [0, 0.05) is 29.0 Å². The van der Waals surface area contributed by atoms with E-state index in [1.165, 1.54) is 12.3 Å².